The zero-order valence-electron chi connectivity index (χ0n) is 9.63. The molecule has 0 amide bonds. The van der Waals surface area contributed by atoms with Gasteiger partial charge in [0.2, 0.25) is 0 Å². The molecule has 0 aromatic heterocycles. The lowest BCUT2D eigenvalue weighted by Crippen LogP contribution is -2.30. The Labute approximate surface area is 116 Å². The van der Waals surface area contributed by atoms with Gasteiger partial charge >= 0.3 is 0 Å². The minimum atomic E-state index is -0.219. The Morgan fingerprint density at radius 3 is 2.82 bits per heavy atom. The molecule has 0 aliphatic carbocycles. The average Bonchev–Trinajstić information content (AvgIpc) is 2.71. The van der Waals surface area contributed by atoms with Gasteiger partial charge in [-0.3, -0.25) is 4.79 Å². The molecule has 0 radical (unpaired) electrons. The zero-order chi connectivity index (χ0) is 12.5. The highest BCUT2D eigenvalue weighted by atomic mass is 35.5. The SMILES string of the molecule is CC1(C(=O)Cc2ccc(Cl)cc2Cl)CCCS1. The molecule has 2 rings (SSSR count). The van der Waals surface area contributed by atoms with Gasteiger partial charge in [-0.25, -0.2) is 0 Å². The fraction of sp³-hybridized carbons (Fsp3) is 0.462. The van der Waals surface area contributed by atoms with Crippen molar-refractivity contribution < 1.29 is 4.79 Å². The van der Waals surface area contributed by atoms with Crippen molar-refractivity contribution in [3.63, 3.8) is 0 Å². The molecule has 0 saturated carbocycles. The molecule has 1 aliphatic rings. The summed E-state index contributed by atoms with van der Waals surface area (Å²) in [6.45, 7) is 2.04. The molecule has 0 N–H and O–H groups in total. The molecule has 0 spiro atoms. The molecule has 1 unspecified atom stereocenters. The maximum Gasteiger partial charge on any atom is 0.153 e. The number of rotatable bonds is 3. The van der Waals surface area contributed by atoms with Crippen molar-refractivity contribution >= 4 is 40.7 Å². The lowest BCUT2D eigenvalue weighted by atomic mass is 9.95. The Hall–Kier alpha value is -0.180. The van der Waals surface area contributed by atoms with Crippen LogP contribution in [0.3, 0.4) is 0 Å². The number of halogens is 2. The third kappa shape index (κ3) is 2.98. The van der Waals surface area contributed by atoms with Crippen molar-refractivity contribution in [3.05, 3.63) is 33.8 Å². The van der Waals surface area contributed by atoms with E-state index in [0.717, 1.165) is 24.2 Å². The summed E-state index contributed by atoms with van der Waals surface area (Å²) in [5, 5.41) is 1.19. The third-order valence-electron chi connectivity index (χ3n) is 3.17. The van der Waals surface area contributed by atoms with E-state index in [-0.39, 0.29) is 10.5 Å². The van der Waals surface area contributed by atoms with E-state index in [1.807, 2.05) is 13.0 Å². The summed E-state index contributed by atoms with van der Waals surface area (Å²) in [7, 11) is 0. The normalized spacial score (nSPS) is 23.9. The van der Waals surface area contributed by atoms with Crippen LogP contribution in [0.25, 0.3) is 0 Å². The van der Waals surface area contributed by atoms with Crippen molar-refractivity contribution in [1.29, 1.82) is 0 Å². The van der Waals surface area contributed by atoms with E-state index in [9.17, 15) is 4.79 Å². The average molecular weight is 289 g/mol. The molecule has 4 heteroatoms. The van der Waals surface area contributed by atoms with Crippen molar-refractivity contribution in [2.45, 2.75) is 30.9 Å². The monoisotopic (exact) mass is 288 g/mol. The van der Waals surface area contributed by atoms with E-state index in [1.165, 1.54) is 0 Å². The molecule has 1 atom stereocenters. The number of thioether (sulfide) groups is 1. The van der Waals surface area contributed by atoms with Crippen LogP contribution in [0.1, 0.15) is 25.3 Å². The van der Waals surface area contributed by atoms with Gasteiger partial charge in [0.15, 0.2) is 5.78 Å². The van der Waals surface area contributed by atoms with Gasteiger partial charge in [0, 0.05) is 16.5 Å². The highest BCUT2D eigenvalue weighted by Gasteiger charge is 2.36. The largest absolute Gasteiger partial charge is 0.298 e. The number of carbonyl (C=O) groups is 1. The molecule has 92 valence electrons. The Bertz CT molecular complexity index is 439. The van der Waals surface area contributed by atoms with Gasteiger partial charge in [-0.1, -0.05) is 29.3 Å². The molecule has 1 aliphatic heterocycles. The number of benzene rings is 1. The molecule has 1 fully saturated rings. The van der Waals surface area contributed by atoms with Crippen molar-refractivity contribution in [3.8, 4) is 0 Å². The Balaban J connectivity index is 2.13. The Morgan fingerprint density at radius 2 is 2.24 bits per heavy atom. The molecular formula is C13H14Cl2OS. The number of Topliss-reactive ketones (excluding diaryl/α,β-unsaturated/α-hetero) is 1. The standard InChI is InChI=1S/C13H14Cl2OS/c1-13(5-2-6-17-13)12(16)7-9-3-4-10(14)8-11(9)15/h3-4,8H,2,5-7H2,1H3. The van der Waals surface area contributed by atoms with Crippen LogP contribution in [0.4, 0.5) is 0 Å². The first-order valence-electron chi connectivity index (χ1n) is 5.62. The van der Waals surface area contributed by atoms with Gasteiger partial charge < -0.3 is 0 Å². The van der Waals surface area contributed by atoms with Crippen molar-refractivity contribution in [2.24, 2.45) is 0 Å². The summed E-state index contributed by atoms with van der Waals surface area (Å²) in [4.78, 5) is 12.3. The van der Waals surface area contributed by atoms with E-state index in [4.69, 9.17) is 23.2 Å². The summed E-state index contributed by atoms with van der Waals surface area (Å²) in [5.74, 6) is 1.35. The first-order valence-corrected chi connectivity index (χ1v) is 7.37. The topological polar surface area (TPSA) is 17.1 Å². The maximum absolute atomic E-state index is 12.3. The van der Waals surface area contributed by atoms with E-state index in [2.05, 4.69) is 0 Å². The second-order valence-electron chi connectivity index (χ2n) is 4.52. The molecule has 0 bridgehead atoms. The van der Waals surface area contributed by atoms with Crippen LogP contribution in [-0.4, -0.2) is 16.3 Å². The second-order valence-corrected chi connectivity index (χ2v) is 6.96. The summed E-state index contributed by atoms with van der Waals surface area (Å²) in [6.07, 6.45) is 2.50. The first kappa shape index (κ1) is 13.3. The quantitative estimate of drug-likeness (QED) is 0.821. The summed E-state index contributed by atoms with van der Waals surface area (Å²) >= 11 is 13.7. The van der Waals surface area contributed by atoms with Gasteiger partial charge in [0.25, 0.3) is 0 Å². The summed E-state index contributed by atoms with van der Waals surface area (Å²) in [6, 6.07) is 5.31. The number of hydrogen-bond donors (Lipinski definition) is 0. The van der Waals surface area contributed by atoms with Crippen molar-refractivity contribution in [2.75, 3.05) is 5.75 Å². The van der Waals surface area contributed by atoms with Gasteiger partial charge in [0.05, 0.1) is 4.75 Å². The predicted octanol–water partition coefficient (Wildman–Crippen LogP) is 4.39. The van der Waals surface area contributed by atoms with E-state index >= 15 is 0 Å². The molecular weight excluding hydrogens is 275 g/mol. The highest BCUT2D eigenvalue weighted by molar-refractivity contribution is 8.01. The molecule has 1 aromatic carbocycles. The highest BCUT2D eigenvalue weighted by Crippen LogP contribution is 2.39. The van der Waals surface area contributed by atoms with Crippen LogP contribution in [0.5, 0.6) is 0 Å². The van der Waals surface area contributed by atoms with Gasteiger partial charge in [-0.05, 0) is 43.2 Å². The minimum Gasteiger partial charge on any atom is -0.298 e. The summed E-state index contributed by atoms with van der Waals surface area (Å²) in [5.41, 5.74) is 0.870. The number of hydrogen-bond acceptors (Lipinski definition) is 2. The van der Waals surface area contributed by atoms with Crippen LogP contribution in [0.2, 0.25) is 10.0 Å². The lowest BCUT2D eigenvalue weighted by molar-refractivity contribution is -0.120. The van der Waals surface area contributed by atoms with Crippen LogP contribution in [-0.2, 0) is 11.2 Å². The second kappa shape index (κ2) is 5.21. The number of carbonyl (C=O) groups excluding carboxylic acids is 1. The Kier molecular flexibility index (Phi) is 4.06. The molecule has 1 nitrogen and oxygen atoms in total. The van der Waals surface area contributed by atoms with Crippen LogP contribution >= 0.6 is 35.0 Å². The molecule has 1 heterocycles. The van der Waals surface area contributed by atoms with E-state index < -0.39 is 0 Å². The van der Waals surface area contributed by atoms with Gasteiger partial charge in [-0.15, -0.1) is 11.8 Å². The van der Waals surface area contributed by atoms with E-state index in [0.29, 0.717) is 16.5 Å². The smallest absolute Gasteiger partial charge is 0.153 e. The van der Waals surface area contributed by atoms with Gasteiger partial charge in [0.1, 0.15) is 0 Å². The van der Waals surface area contributed by atoms with Crippen molar-refractivity contribution in [1.82, 2.24) is 0 Å². The maximum atomic E-state index is 12.3. The first-order chi connectivity index (χ1) is 8.01. The lowest BCUT2D eigenvalue weighted by Gasteiger charge is -2.21. The van der Waals surface area contributed by atoms with Crippen LogP contribution < -0.4 is 0 Å². The fourth-order valence-electron chi connectivity index (χ4n) is 2.02. The third-order valence-corrected chi connectivity index (χ3v) is 5.32. The fourth-order valence-corrected chi connectivity index (χ4v) is 3.76. The van der Waals surface area contributed by atoms with Crippen LogP contribution in [0, 0.1) is 0 Å². The predicted molar refractivity (Wildman–Crippen MR) is 75.3 cm³/mol. The zero-order valence-corrected chi connectivity index (χ0v) is 12.0. The molecule has 1 aromatic rings. The number of ketones is 1. The van der Waals surface area contributed by atoms with E-state index in [1.54, 1.807) is 23.9 Å². The van der Waals surface area contributed by atoms with Gasteiger partial charge in [-0.2, -0.15) is 0 Å². The molecule has 1 saturated heterocycles. The minimum absolute atomic E-state index is 0.219. The Morgan fingerprint density at radius 1 is 1.47 bits per heavy atom. The summed E-state index contributed by atoms with van der Waals surface area (Å²) < 4.78 is -0.219. The molecule has 17 heavy (non-hydrogen) atoms. The van der Waals surface area contributed by atoms with Crippen LogP contribution in [0.15, 0.2) is 18.2 Å².